The van der Waals surface area contributed by atoms with Gasteiger partial charge in [0.1, 0.15) is 0 Å². The summed E-state index contributed by atoms with van der Waals surface area (Å²) in [5.41, 5.74) is 5.68. The zero-order valence-electron chi connectivity index (χ0n) is 11.4. The summed E-state index contributed by atoms with van der Waals surface area (Å²) in [7, 11) is -3.31. The normalized spacial score (nSPS) is 29.9. The van der Waals surface area contributed by atoms with Gasteiger partial charge in [0.05, 0.1) is 0 Å². The van der Waals surface area contributed by atoms with Gasteiger partial charge in [0.25, 0.3) is 10.2 Å². The van der Waals surface area contributed by atoms with Crippen molar-refractivity contribution >= 4 is 10.2 Å². The summed E-state index contributed by atoms with van der Waals surface area (Å²) >= 11 is 0. The number of piperidine rings is 1. The van der Waals surface area contributed by atoms with Gasteiger partial charge in [0, 0.05) is 19.1 Å². The number of hydrogen-bond acceptors (Lipinski definition) is 3. The Morgan fingerprint density at radius 1 is 1.16 bits per heavy atom. The summed E-state index contributed by atoms with van der Waals surface area (Å²) in [6, 6.07) is 0.197. The zero-order chi connectivity index (χ0) is 13.5. The molecule has 0 aromatic heterocycles. The highest BCUT2D eigenvalue weighted by Crippen LogP contribution is 2.44. The van der Waals surface area contributed by atoms with E-state index in [1.54, 1.807) is 4.31 Å². The van der Waals surface area contributed by atoms with Gasteiger partial charge in [-0.25, -0.2) is 0 Å². The first kappa shape index (κ1) is 13.8. The van der Waals surface area contributed by atoms with Crippen molar-refractivity contribution in [2.24, 2.45) is 23.5 Å². The third-order valence-electron chi connectivity index (χ3n) is 4.70. The molecule has 3 rings (SSSR count). The molecule has 19 heavy (non-hydrogen) atoms. The van der Waals surface area contributed by atoms with Crippen LogP contribution in [0.5, 0.6) is 0 Å². The highest BCUT2D eigenvalue weighted by atomic mass is 32.2. The van der Waals surface area contributed by atoms with Crippen molar-refractivity contribution in [2.75, 3.05) is 19.6 Å². The molecule has 5 nitrogen and oxygen atoms in total. The lowest BCUT2D eigenvalue weighted by molar-refractivity contribution is 0.265. The molecule has 3 aliphatic rings. The van der Waals surface area contributed by atoms with Crippen LogP contribution in [0.15, 0.2) is 0 Å². The Balaban J connectivity index is 1.64. The van der Waals surface area contributed by atoms with Crippen molar-refractivity contribution in [1.82, 2.24) is 9.03 Å². The molecule has 1 aliphatic heterocycles. The molecule has 110 valence electrons. The fourth-order valence-electron chi connectivity index (χ4n) is 3.17. The molecule has 1 atom stereocenters. The van der Waals surface area contributed by atoms with Gasteiger partial charge in [-0.05, 0) is 62.8 Å². The highest BCUT2D eigenvalue weighted by molar-refractivity contribution is 7.87. The molecule has 0 amide bonds. The molecule has 0 spiro atoms. The highest BCUT2D eigenvalue weighted by Gasteiger charge is 2.44. The number of nitrogens with two attached hydrogens (primary N) is 1. The summed E-state index contributed by atoms with van der Waals surface area (Å²) in [5, 5.41) is 0. The van der Waals surface area contributed by atoms with E-state index in [4.69, 9.17) is 5.73 Å². The van der Waals surface area contributed by atoms with E-state index in [9.17, 15) is 8.42 Å². The molecule has 1 heterocycles. The minimum absolute atomic E-state index is 0.197. The van der Waals surface area contributed by atoms with E-state index in [1.165, 1.54) is 25.7 Å². The molecule has 0 aromatic rings. The standard InChI is InChI=1S/C13H25N3O2S/c14-8-10-2-1-7-16(9-10)19(17,18)15-13(11-3-4-11)12-5-6-12/h10-13,15H,1-9,14H2. The molecular formula is C13H25N3O2S. The molecule has 6 heteroatoms. The Hall–Kier alpha value is -0.170. The van der Waals surface area contributed by atoms with Gasteiger partial charge in [0.2, 0.25) is 0 Å². The Morgan fingerprint density at radius 3 is 2.32 bits per heavy atom. The van der Waals surface area contributed by atoms with Crippen LogP contribution in [0.2, 0.25) is 0 Å². The van der Waals surface area contributed by atoms with Crippen LogP contribution >= 0.6 is 0 Å². The summed E-state index contributed by atoms with van der Waals surface area (Å²) in [6.07, 6.45) is 6.74. The van der Waals surface area contributed by atoms with Gasteiger partial charge < -0.3 is 5.73 Å². The lowest BCUT2D eigenvalue weighted by Gasteiger charge is -2.32. The predicted molar refractivity (Wildman–Crippen MR) is 74.6 cm³/mol. The number of rotatable bonds is 6. The van der Waals surface area contributed by atoms with Crippen molar-refractivity contribution < 1.29 is 8.42 Å². The Morgan fingerprint density at radius 2 is 1.79 bits per heavy atom. The van der Waals surface area contributed by atoms with E-state index in [2.05, 4.69) is 4.72 Å². The van der Waals surface area contributed by atoms with Crippen LogP contribution in [0.1, 0.15) is 38.5 Å². The molecule has 2 aliphatic carbocycles. The lowest BCUT2D eigenvalue weighted by atomic mass is 10.0. The van der Waals surface area contributed by atoms with Crippen molar-refractivity contribution in [2.45, 2.75) is 44.6 Å². The number of nitrogens with zero attached hydrogens (tertiary/aromatic N) is 1. The number of hydrogen-bond donors (Lipinski definition) is 2. The first-order chi connectivity index (χ1) is 9.10. The van der Waals surface area contributed by atoms with Crippen molar-refractivity contribution in [3.63, 3.8) is 0 Å². The molecule has 1 unspecified atom stereocenters. The monoisotopic (exact) mass is 287 g/mol. The third-order valence-corrected chi connectivity index (χ3v) is 6.28. The smallest absolute Gasteiger partial charge is 0.279 e. The van der Waals surface area contributed by atoms with Crippen LogP contribution in [-0.4, -0.2) is 38.4 Å². The van der Waals surface area contributed by atoms with E-state index in [0.29, 0.717) is 37.4 Å². The molecule has 3 fully saturated rings. The second-order valence-electron chi connectivity index (χ2n) is 6.43. The zero-order valence-corrected chi connectivity index (χ0v) is 12.2. The van der Waals surface area contributed by atoms with E-state index >= 15 is 0 Å². The maximum Gasteiger partial charge on any atom is 0.279 e. The molecule has 0 aromatic carbocycles. The summed E-state index contributed by atoms with van der Waals surface area (Å²) in [6.45, 7) is 1.82. The molecule has 1 saturated heterocycles. The third kappa shape index (κ3) is 3.29. The second-order valence-corrected chi connectivity index (χ2v) is 8.13. The van der Waals surface area contributed by atoms with E-state index in [1.807, 2.05) is 0 Å². The van der Waals surface area contributed by atoms with Crippen LogP contribution in [0.25, 0.3) is 0 Å². The van der Waals surface area contributed by atoms with Gasteiger partial charge in [-0.1, -0.05) is 0 Å². The first-order valence-electron chi connectivity index (χ1n) is 7.57. The van der Waals surface area contributed by atoms with Gasteiger partial charge in [0.15, 0.2) is 0 Å². The SMILES string of the molecule is NCC1CCCN(S(=O)(=O)NC(C2CC2)C2CC2)C1. The molecule has 0 bridgehead atoms. The molecular weight excluding hydrogens is 262 g/mol. The van der Waals surface area contributed by atoms with Crippen LogP contribution in [-0.2, 0) is 10.2 Å². The minimum atomic E-state index is -3.31. The van der Waals surface area contributed by atoms with Gasteiger partial charge in [-0.15, -0.1) is 0 Å². The first-order valence-corrected chi connectivity index (χ1v) is 9.01. The summed E-state index contributed by atoms with van der Waals surface area (Å²) in [5.74, 6) is 1.51. The van der Waals surface area contributed by atoms with Crippen LogP contribution in [0.3, 0.4) is 0 Å². The van der Waals surface area contributed by atoms with E-state index in [0.717, 1.165) is 12.8 Å². The van der Waals surface area contributed by atoms with Crippen LogP contribution < -0.4 is 10.5 Å². The van der Waals surface area contributed by atoms with E-state index < -0.39 is 10.2 Å². The van der Waals surface area contributed by atoms with Gasteiger partial charge in [-0.3, -0.25) is 0 Å². The Labute approximate surface area is 116 Å². The molecule has 3 N–H and O–H groups in total. The lowest BCUT2D eigenvalue weighted by Crippen LogP contribution is -2.51. The molecule has 0 radical (unpaired) electrons. The topological polar surface area (TPSA) is 75.4 Å². The van der Waals surface area contributed by atoms with Crippen molar-refractivity contribution in [3.05, 3.63) is 0 Å². The Bertz CT molecular complexity index is 406. The van der Waals surface area contributed by atoms with Crippen LogP contribution in [0.4, 0.5) is 0 Å². The van der Waals surface area contributed by atoms with Crippen LogP contribution in [0, 0.1) is 17.8 Å². The molecule has 2 saturated carbocycles. The maximum absolute atomic E-state index is 12.5. The van der Waals surface area contributed by atoms with Gasteiger partial charge in [-0.2, -0.15) is 17.4 Å². The van der Waals surface area contributed by atoms with Crippen molar-refractivity contribution in [3.8, 4) is 0 Å². The van der Waals surface area contributed by atoms with Crippen molar-refractivity contribution in [1.29, 1.82) is 0 Å². The maximum atomic E-state index is 12.5. The second kappa shape index (κ2) is 5.31. The predicted octanol–water partition coefficient (Wildman–Crippen LogP) is 0.680. The largest absolute Gasteiger partial charge is 0.330 e. The average Bonchev–Trinajstić information content (AvgIpc) is 3.29. The average molecular weight is 287 g/mol. The minimum Gasteiger partial charge on any atom is -0.330 e. The number of nitrogens with one attached hydrogen (secondary N) is 1. The fourth-order valence-corrected chi connectivity index (χ4v) is 4.83. The quantitative estimate of drug-likeness (QED) is 0.754. The van der Waals surface area contributed by atoms with E-state index in [-0.39, 0.29) is 6.04 Å². The van der Waals surface area contributed by atoms with Gasteiger partial charge >= 0.3 is 0 Å². The summed E-state index contributed by atoms with van der Waals surface area (Å²) < 4.78 is 29.6. The summed E-state index contributed by atoms with van der Waals surface area (Å²) in [4.78, 5) is 0. The Kier molecular flexibility index (Phi) is 3.86. The fraction of sp³-hybridized carbons (Fsp3) is 1.00.